The first-order chi connectivity index (χ1) is 20.4. The van der Waals surface area contributed by atoms with E-state index in [0.29, 0.717) is 0 Å². The highest BCUT2D eigenvalue weighted by Gasteiger charge is 2.44. The van der Waals surface area contributed by atoms with E-state index < -0.39 is 0 Å². The molecule has 0 fully saturated rings. The van der Waals surface area contributed by atoms with Crippen molar-refractivity contribution in [1.82, 2.24) is 4.98 Å². The maximum Gasteiger partial charge on any atom is 0.249 e. The number of nitrogens with zero attached hydrogens (tertiary/aromatic N) is 3. The fourth-order valence-corrected chi connectivity index (χ4v) is 7.70. The fourth-order valence-electron chi connectivity index (χ4n) is 6.52. The second kappa shape index (κ2) is 8.78. The molecule has 6 heteroatoms. The number of pyridine rings is 1. The molecule has 0 unspecified atom stereocenters. The van der Waals surface area contributed by atoms with Gasteiger partial charge < -0.3 is 14.5 Å². The van der Waals surface area contributed by atoms with E-state index >= 15 is 0 Å². The zero-order chi connectivity index (χ0) is 26.9. The minimum Gasteiger partial charge on any atom is -0.451 e. The van der Waals surface area contributed by atoms with Gasteiger partial charge in [0.25, 0.3) is 0 Å². The predicted molar refractivity (Wildman–Crippen MR) is 169 cm³/mol. The molecule has 0 spiro atoms. The van der Waals surface area contributed by atoms with Crippen molar-refractivity contribution >= 4 is 69.0 Å². The normalized spacial score (nSPS) is 13.8. The first-order valence-electron chi connectivity index (χ1n) is 13.8. The van der Waals surface area contributed by atoms with Crippen molar-refractivity contribution in [1.29, 1.82) is 0 Å². The van der Waals surface area contributed by atoms with Crippen LogP contribution in [0.3, 0.4) is 0 Å². The smallest absolute Gasteiger partial charge is 0.249 e. The van der Waals surface area contributed by atoms with Gasteiger partial charge in [-0.15, -0.1) is 0 Å². The Morgan fingerprint density at radius 3 is 2.20 bits per heavy atom. The SMILES string of the molecule is c1ccc(N2c3ccccc3Oc3c2cc2c4c3N(c3cccnc3)c3ccccc3B4c3ccccc3S2)cc1. The average Bonchev–Trinajstić information content (AvgIpc) is 3.04. The summed E-state index contributed by atoms with van der Waals surface area (Å²) in [6.45, 7) is 0.0952. The van der Waals surface area contributed by atoms with Crippen LogP contribution in [0.25, 0.3) is 0 Å². The third kappa shape index (κ3) is 3.28. The molecular weight excluding hydrogens is 521 g/mol. The average molecular weight is 543 g/mol. The molecule has 9 rings (SSSR count). The number of anilines is 6. The van der Waals surface area contributed by atoms with E-state index in [9.17, 15) is 0 Å². The zero-order valence-corrected chi connectivity index (χ0v) is 22.8. The minimum absolute atomic E-state index is 0.0952. The molecule has 0 aliphatic carbocycles. The van der Waals surface area contributed by atoms with Crippen molar-refractivity contribution in [3.05, 3.63) is 134 Å². The monoisotopic (exact) mass is 543 g/mol. The molecule has 0 N–H and O–H groups in total. The first-order valence-corrected chi connectivity index (χ1v) is 14.6. The predicted octanol–water partition coefficient (Wildman–Crippen LogP) is 7.42. The van der Waals surface area contributed by atoms with Crippen molar-refractivity contribution in [2.45, 2.75) is 9.79 Å². The van der Waals surface area contributed by atoms with Gasteiger partial charge in [0, 0.05) is 27.4 Å². The highest BCUT2D eigenvalue weighted by molar-refractivity contribution is 8.00. The second-order valence-corrected chi connectivity index (χ2v) is 11.5. The quantitative estimate of drug-likeness (QED) is 0.212. The number of benzene rings is 5. The van der Waals surface area contributed by atoms with Gasteiger partial charge in [-0.3, -0.25) is 4.98 Å². The van der Waals surface area contributed by atoms with Gasteiger partial charge in [0.05, 0.1) is 28.9 Å². The molecule has 4 nitrogen and oxygen atoms in total. The molecule has 0 radical (unpaired) electrons. The van der Waals surface area contributed by atoms with E-state index in [4.69, 9.17) is 4.74 Å². The Hall–Kier alpha value is -4.94. The van der Waals surface area contributed by atoms with Crippen molar-refractivity contribution in [3.8, 4) is 11.5 Å². The van der Waals surface area contributed by atoms with Gasteiger partial charge in [0.15, 0.2) is 11.5 Å². The summed E-state index contributed by atoms with van der Waals surface area (Å²) in [6, 6.07) is 42.9. The molecule has 0 saturated carbocycles. The molecule has 192 valence electrons. The Kier molecular flexibility index (Phi) is 4.89. The summed E-state index contributed by atoms with van der Waals surface area (Å²) < 4.78 is 6.94. The fraction of sp³-hybridized carbons (Fsp3) is 0. The summed E-state index contributed by atoms with van der Waals surface area (Å²) in [5, 5.41) is 0. The molecule has 6 aromatic rings. The van der Waals surface area contributed by atoms with Crippen molar-refractivity contribution in [2.75, 3.05) is 9.80 Å². The topological polar surface area (TPSA) is 28.6 Å². The van der Waals surface area contributed by atoms with Gasteiger partial charge in [0.2, 0.25) is 6.71 Å². The van der Waals surface area contributed by atoms with Crippen molar-refractivity contribution in [3.63, 3.8) is 0 Å². The standard InChI is InChI=1S/C35H22BN3OS/c1-2-11-23(12-3-1)38-28-17-7-8-18-30(28)40-35-29(38)21-32-33-34(35)39(24-13-10-20-37-22-24)27-16-6-4-14-25(27)36(33)26-15-5-9-19-31(26)41-32/h1-22H. The summed E-state index contributed by atoms with van der Waals surface area (Å²) in [6.07, 6.45) is 3.77. The van der Waals surface area contributed by atoms with Crippen molar-refractivity contribution < 1.29 is 4.74 Å². The van der Waals surface area contributed by atoms with Crippen LogP contribution in [0.4, 0.5) is 34.1 Å². The number of rotatable bonds is 2. The lowest BCUT2D eigenvalue weighted by Gasteiger charge is -2.43. The molecule has 0 atom stereocenters. The van der Waals surface area contributed by atoms with Crippen LogP contribution in [0, 0.1) is 0 Å². The van der Waals surface area contributed by atoms with Crippen LogP contribution in [0.2, 0.25) is 0 Å². The van der Waals surface area contributed by atoms with E-state index in [0.717, 1.165) is 45.6 Å². The number of hydrogen-bond acceptors (Lipinski definition) is 5. The van der Waals surface area contributed by atoms with E-state index in [1.807, 2.05) is 36.3 Å². The van der Waals surface area contributed by atoms with Crippen LogP contribution in [0.1, 0.15) is 0 Å². The van der Waals surface area contributed by atoms with Crippen LogP contribution < -0.4 is 30.9 Å². The second-order valence-electron chi connectivity index (χ2n) is 10.4. The number of hydrogen-bond donors (Lipinski definition) is 0. The maximum absolute atomic E-state index is 6.94. The van der Waals surface area contributed by atoms with Gasteiger partial charge in [-0.1, -0.05) is 84.0 Å². The summed E-state index contributed by atoms with van der Waals surface area (Å²) in [5.74, 6) is 1.69. The Bertz CT molecular complexity index is 1980. The molecule has 1 aromatic heterocycles. The molecule has 3 aliphatic rings. The third-order valence-corrected chi connectivity index (χ3v) is 9.31. The lowest BCUT2D eigenvalue weighted by molar-refractivity contribution is 0.478. The van der Waals surface area contributed by atoms with Gasteiger partial charge in [-0.2, -0.15) is 0 Å². The molecule has 4 heterocycles. The zero-order valence-electron chi connectivity index (χ0n) is 21.9. The molecular formula is C35H22BN3OS. The van der Waals surface area contributed by atoms with E-state index in [2.05, 4.69) is 124 Å². The molecule has 0 saturated heterocycles. The molecule has 41 heavy (non-hydrogen) atoms. The Morgan fingerprint density at radius 1 is 0.610 bits per heavy atom. The van der Waals surface area contributed by atoms with Crippen LogP contribution >= 0.6 is 11.8 Å². The maximum atomic E-state index is 6.94. The first kappa shape index (κ1) is 22.8. The van der Waals surface area contributed by atoms with Gasteiger partial charge >= 0.3 is 0 Å². The summed E-state index contributed by atoms with van der Waals surface area (Å²) in [7, 11) is 0. The Balaban J connectivity index is 1.42. The number of ether oxygens (including phenoxy) is 1. The highest BCUT2D eigenvalue weighted by Crippen LogP contribution is 2.57. The summed E-state index contributed by atoms with van der Waals surface area (Å²) >= 11 is 1.85. The summed E-state index contributed by atoms with van der Waals surface area (Å²) in [5.41, 5.74) is 10.3. The number of para-hydroxylation sites is 4. The summed E-state index contributed by atoms with van der Waals surface area (Å²) in [4.78, 5) is 11.8. The minimum atomic E-state index is 0.0952. The van der Waals surface area contributed by atoms with Crippen LogP contribution in [-0.2, 0) is 0 Å². The van der Waals surface area contributed by atoms with Gasteiger partial charge in [-0.05, 0) is 65.5 Å². The lowest BCUT2D eigenvalue weighted by Crippen LogP contribution is -2.60. The molecule has 0 bridgehead atoms. The Labute approximate surface area is 242 Å². The van der Waals surface area contributed by atoms with Crippen LogP contribution in [0.15, 0.2) is 144 Å². The van der Waals surface area contributed by atoms with E-state index in [-0.39, 0.29) is 6.71 Å². The van der Waals surface area contributed by atoms with Gasteiger partial charge in [0.1, 0.15) is 0 Å². The largest absolute Gasteiger partial charge is 0.451 e. The van der Waals surface area contributed by atoms with Crippen molar-refractivity contribution in [2.24, 2.45) is 0 Å². The highest BCUT2D eigenvalue weighted by atomic mass is 32.2. The third-order valence-electron chi connectivity index (χ3n) is 8.16. The molecule has 3 aliphatic heterocycles. The van der Waals surface area contributed by atoms with E-state index in [1.165, 1.54) is 26.2 Å². The van der Waals surface area contributed by atoms with Crippen LogP contribution in [-0.4, -0.2) is 11.7 Å². The lowest BCUT2D eigenvalue weighted by atomic mass is 9.35. The molecule has 5 aromatic carbocycles. The Morgan fingerprint density at radius 2 is 1.34 bits per heavy atom. The van der Waals surface area contributed by atoms with Crippen LogP contribution in [0.5, 0.6) is 11.5 Å². The van der Waals surface area contributed by atoms with E-state index in [1.54, 1.807) is 0 Å². The van der Waals surface area contributed by atoms with Gasteiger partial charge in [-0.25, -0.2) is 0 Å². The number of fused-ring (bicyclic) bond motifs is 7. The number of aromatic nitrogens is 1. The molecule has 0 amide bonds.